The lowest BCUT2D eigenvalue weighted by Gasteiger charge is -2.14. The van der Waals surface area contributed by atoms with Crippen molar-refractivity contribution in [3.63, 3.8) is 0 Å². The van der Waals surface area contributed by atoms with E-state index in [1.54, 1.807) is 0 Å². The highest BCUT2D eigenvalue weighted by molar-refractivity contribution is 8.14. The normalized spacial score (nSPS) is 14.3. The van der Waals surface area contributed by atoms with Gasteiger partial charge in [-0.15, -0.1) is 0 Å². The van der Waals surface area contributed by atoms with E-state index >= 15 is 0 Å². The summed E-state index contributed by atoms with van der Waals surface area (Å²) in [7, 11) is 0. The minimum absolute atomic E-state index is 0.0728. The molecule has 0 spiro atoms. The molecule has 1 saturated heterocycles. The number of nitriles is 1. The van der Waals surface area contributed by atoms with Crippen molar-refractivity contribution in [2.24, 2.45) is 0 Å². The van der Waals surface area contributed by atoms with E-state index in [1.807, 2.05) is 38.1 Å². The Balaban J connectivity index is 2.00. The molecule has 2 N–H and O–H groups in total. The summed E-state index contributed by atoms with van der Waals surface area (Å²) >= 11 is 0.973. The summed E-state index contributed by atoms with van der Waals surface area (Å²) in [4.78, 5) is 36.7. The Morgan fingerprint density at radius 2 is 1.96 bits per heavy atom. The van der Waals surface area contributed by atoms with Crippen molar-refractivity contribution in [2.45, 2.75) is 26.7 Å². The van der Waals surface area contributed by atoms with Crippen LogP contribution in [0.4, 0.5) is 10.5 Å². The highest BCUT2D eigenvalue weighted by Crippen LogP contribution is 2.23. The summed E-state index contributed by atoms with van der Waals surface area (Å²) < 4.78 is 0. The molecule has 7 nitrogen and oxygen atoms in total. The molecule has 0 saturated carbocycles. The van der Waals surface area contributed by atoms with Gasteiger partial charge in [0.2, 0.25) is 5.91 Å². The molecule has 2 rings (SSSR count). The predicted molar refractivity (Wildman–Crippen MR) is 105 cm³/mol. The van der Waals surface area contributed by atoms with Crippen molar-refractivity contribution >= 4 is 34.5 Å². The number of hydrogen-bond donors (Lipinski definition) is 2. The van der Waals surface area contributed by atoms with E-state index in [2.05, 4.69) is 10.6 Å². The van der Waals surface area contributed by atoms with E-state index < -0.39 is 5.91 Å². The van der Waals surface area contributed by atoms with Crippen LogP contribution in [0.2, 0.25) is 0 Å². The van der Waals surface area contributed by atoms with Crippen LogP contribution in [-0.4, -0.2) is 40.8 Å². The third-order valence-electron chi connectivity index (χ3n) is 4.17. The molecule has 0 aromatic heterocycles. The van der Waals surface area contributed by atoms with Crippen molar-refractivity contribution in [3.05, 3.63) is 41.1 Å². The summed E-state index contributed by atoms with van der Waals surface area (Å²) in [6, 6.07) is 7.73. The van der Waals surface area contributed by atoms with E-state index in [1.165, 1.54) is 6.20 Å². The van der Waals surface area contributed by atoms with E-state index in [4.69, 9.17) is 0 Å². The number of nitrogens with one attached hydrogen (secondary N) is 2. The van der Waals surface area contributed by atoms with E-state index in [9.17, 15) is 19.6 Å². The third kappa shape index (κ3) is 5.11. The maximum atomic E-state index is 12.5. The van der Waals surface area contributed by atoms with Gasteiger partial charge >= 0.3 is 0 Å². The van der Waals surface area contributed by atoms with Crippen molar-refractivity contribution in [3.8, 4) is 6.07 Å². The van der Waals surface area contributed by atoms with Crippen LogP contribution < -0.4 is 10.6 Å². The lowest BCUT2D eigenvalue weighted by Crippen LogP contribution is -2.34. The number of benzene rings is 1. The van der Waals surface area contributed by atoms with Crippen molar-refractivity contribution in [1.82, 2.24) is 10.2 Å². The lowest BCUT2D eigenvalue weighted by molar-refractivity contribution is -0.124. The van der Waals surface area contributed by atoms with Crippen LogP contribution in [0.25, 0.3) is 0 Å². The number of nitrogens with zero attached hydrogens (tertiary/aromatic N) is 2. The first-order valence-electron chi connectivity index (χ1n) is 8.74. The number of imide groups is 1. The second-order valence-corrected chi connectivity index (χ2v) is 6.76. The Morgan fingerprint density at radius 1 is 1.30 bits per heavy atom. The SMILES string of the molecule is CCc1cccc(CC)c1NC(=O)/C(C#N)=C\NCCN1C(=O)CSC1=O. The molecule has 0 unspecified atom stereocenters. The predicted octanol–water partition coefficient (Wildman–Crippen LogP) is 2.44. The number of para-hydroxylation sites is 1. The molecule has 0 bridgehead atoms. The molecular weight excluding hydrogens is 364 g/mol. The van der Waals surface area contributed by atoms with Gasteiger partial charge < -0.3 is 10.6 Å². The smallest absolute Gasteiger partial charge is 0.288 e. The van der Waals surface area contributed by atoms with Crippen molar-refractivity contribution < 1.29 is 14.4 Å². The maximum absolute atomic E-state index is 12.5. The summed E-state index contributed by atoms with van der Waals surface area (Å²) in [5.74, 6) is -0.557. The monoisotopic (exact) mass is 386 g/mol. The van der Waals surface area contributed by atoms with Gasteiger partial charge in [0.05, 0.1) is 5.75 Å². The molecule has 27 heavy (non-hydrogen) atoms. The van der Waals surface area contributed by atoms with Crippen LogP contribution in [0.3, 0.4) is 0 Å². The molecule has 8 heteroatoms. The van der Waals surface area contributed by atoms with E-state index in [0.29, 0.717) is 0 Å². The van der Waals surface area contributed by atoms with Crippen LogP contribution in [0, 0.1) is 11.3 Å². The Hall–Kier alpha value is -2.79. The molecule has 3 amide bonds. The first-order valence-corrected chi connectivity index (χ1v) is 9.73. The van der Waals surface area contributed by atoms with Crippen LogP contribution in [0.1, 0.15) is 25.0 Å². The molecule has 142 valence electrons. The number of hydrogen-bond acceptors (Lipinski definition) is 6. The van der Waals surface area contributed by atoms with Gasteiger partial charge in [0.1, 0.15) is 11.6 Å². The molecule has 0 radical (unpaired) electrons. The van der Waals surface area contributed by atoms with Crippen LogP contribution in [0.5, 0.6) is 0 Å². The molecule has 1 aliphatic heterocycles. The topological polar surface area (TPSA) is 102 Å². The van der Waals surface area contributed by atoms with Gasteiger partial charge in [-0.3, -0.25) is 19.3 Å². The highest BCUT2D eigenvalue weighted by atomic mass is 32.2. The second-order valence-electron chi connectivity index (χ2n) is 5.84. The fourth-order valence-corrected chi connectivity index (χ4v) is 3.43. The Morgan fingerprint density at radius 3 is 2.48 bits per heavy atom. The van der Waals surface area contributed by atoms with Crippen LogP contribution >= 0.6 is 11.8 Å². The van der Waals surface area contributed by atoms with Gasteiger partial charge in [-0.1, -0.05) is 43.8 Å². The zero-order chi connectivity index (χ0) is 19.8. The average molecular weight is 386 g/mol. The molecule has 1 aromatic carbocycles. The van der Waals surface area contributed by atoms with Crippen LogP contribution in [0.15, 0.2) is 30.0 Å². The largest absolute Gasteiger partial charge is 0.388 e. The average Bonchev–Trinajstić information content (AvgIpc) is 2.99. The first-order chi connectivity index (χ1) is 13.0. The number of amides is 3. The van der Waals surface area contributed by atoms with Gasteiger partial charge in [-0.05, 0) is 24.0 Å². The number of rotatable bonds is 8. The molecule has 0 aliphatic carbocycles. The fraction of sp³-hybridized carbons (Fsp3) is 0.368. The molecule has 1 fully saturated rings. The van der Waals surface area contributed by atoms with Crippen molar-refractivity contribution in [1.29, 1.82) is 5.26 Å². The summed E-state index contributed by atoms with van der Waals surface area (Å²) in [6.45, 7) is 4.47. The number of aryl methyl sites for hydroxylation is 2. The number of anilines is 1. The Kier molecular flexibility index (Phi) is 7.44. The molecule has 1 aliphatic rings. The highest BCUT2D eigenvalue weighted by Gasteiger charge is 2.29. The summed E-state index contributed by atoms with van der Waals surface area (Å²) in [5, 5.41) is 14.7. The fourth-order valence-electron chi connectivity index (χ4n) is 2.68. The van der Waals surface area contributed by atoms with Gasteiger partial charge in [-0.2, -0.15) is 5.26 Å². The number of carbonyl (C=O) groups is 3. The van der Waals surface area contributed by atoms with E-state index in [0.717, 1.165) is 46.3 Å². The molecule has 1 heterocycles. The van der Waals surface area contributed by atoms with Gasteiger partial charge in [-0.25, -0.2) is 0 Å². The zero-order valence-corrected chi connectivity index (χ0v) is 16.2. The van der Waals surface area contributed by atoms with Gasteiger partial charge in [0.25, 0.3) is 11.1 Å². The summed E-state index contributed by atoms with van der Waals surface area (Å²) in [6.07, 6.45) is 2.85. The second kappa shape index (κ2) is 9.78. The maximum Gasteiger partial charge on any atom is 0.288 e. The van der Waals surface area contributed by atoms with Crippen molar-refractivity contribution in [2.75, 3.05) is 24.2 Å². The van der Waals surface area contributed by atoms with Gasteiger partial charge in [0, 0.05) is 25.0 Å². The third-order valence-corrected chi connectivity index (χ3v) is 5.03. The Labute approximate surface area is 162 Å². The standard InChI is InChI=1S/C19H22N4O3S/c1-3-13-6-5-7-14(4-2)17(13)22-18(25)15(10-20)11-21-8-9-23-16(24)12-27-19(23)26/h5-7,11,21H,3-4,8-9,12H2,1-2H3,(H,22,25)/b15-11-. The number of carbonyl (C=O) groups excluding carboxylic acids is 3. The van der Waals surface area contributed by atoms with Gasteiger partial charge in [0.15, 0.2) is 0 Å². The van der Waals surface area contributed by atoms with E-state index in [-0.39, 0.29) is 35.6 Å². The Bertz CT molecular complexity index is 775. The lowest BCUT2D eigenvalue weighted by atomic mass is 10.0. The number of thioether (sulfide) groups is 1. The molecule has 1 aromatic rings. The minimum Gasteiger partial charge on any atom is -0.388 e. The molecule has 0 atom stereocenters. The molecular formula is C19H22N4O3S. The minimum atomic E-state index is -0.496. The van der Waals surface area contributed by atoms with Crippen LogP contribution in [-0.2, 0) is 22.4 Å². The quantitative estimate of drug-likeness (QED) is 0.404. The summed E-state index contributed by atoms with van der Waals surface area (Å²) in [5.41, 5.74) is 2.70. The first kappa shape index (κ1) is 20.5. The zero-order valence-electron chi connectivity index (χ0n) is 15.4.